The van der Waals surface area contributed by atoms with Gasteiger partial charge in [0.05, 0.1) is 25.7 Å². The Kier molecular flexibility index (Phi) is 13.6. The molecule has 0 aromatic rings. The van der Waals surface area contributed by atoms with E-state index in [-0.39, 0.29) is 12.3 Å². The van der Waals surface area contributed by atoms with Crippen molar-refractivity contribution in [2.75, 3.05) is 31.3 Å². The lowest BCUT2D eigenvalue weighted by Crippen LogP contribution is -2.23. The molecule has 1 aliphatic heterocycles. The number of carboxylic acid groups (broad SMARTS) is 1. The normalized spacial score (nSPS) is 16.0. The van der Waals surface area contributed by atoms with Crippen LogP contribution >= 0.6 is 11.8 Å². The van der Waals surface area contributed by atoms with E-state index in [9.17, 15) is 14.7 Å². The molecule has 0 radical (unpaired) electrons. The monoisotopic (exact) mass is 404 g/mol. The van der Waals surface area contributed by atoms with Crippen LogP contribution in [0.15, 0.2) is 0 Å². The maximum absolute atomic E-state index is 11.5. The highest BCUT2D eigenvalue weighted by atomic mass is 32.2. The third kappa shape index (κ3) is 13.1. The standard InChI is InChI=1S/C20H36O6S/c1-16(2)14-26-18(21)9-7-5-3-4-6-8-12-27-15-17(20(22)23)13-19-24-10-11-25-19/h16-17,19H,3-15H2,1-2H3,(H,22,23). The van der Waals surface area contributed by atoms with Crippen molar-refractivity contribution in [3.8, 4) is 0 Å². The summed E-state index contributed by atoms with van der Waals surface area (Å²) in [5.41, 5.74) is 0. The lowest BCUT2D eigenvalue weighted by atomic mass is 10.1. The van der Waals surface area contributed by atoms with Crippen LogP contribution in [0.1, 0.15) is 65.2 Å². The Morgan fingerprint density at radius 3 is 2.33 bits per heavy atom. The average Bonchev–Trinajstić information content (AvgIpc) is 3.13. The van der Waals surface area contributed by atoms with Crippen molar-refractivity contribution in [3.63, 3.8) is 0 Å². The molecule has 0 saturated carbocycles. The second-order valence-corrected chi connectivity index (χ2v) is 8.61. The van der Waals surface area contributed by atoms with E-state index >= 15 is 0 Å². The van der Waals surface area contributed by atoms with Crippen LogP contribution < -0.4 is 0 Å². The van der Waals surface area contributed by atoms with Crippen molar-refractivity contribution in [2.24, 2.45) is 11.8 Å². The molecule has 1 saturated heterocycles. The zero-order chi connectivity index (χ0) is 19.9. The zero-order valence-corrected chi connectivity index (χ0v) is 17.6. The van der Waals surface area contributed by atoms with E-state index in [1.54, 1.807) is 11.8 Å². The van der Waals surface area contributed by atoms with Gasteiger partial charge in [-0.2, -0.15) is 11.8 Å². The van der Waals surface area contributed by atoms with Crippen LogP contribution in [-0.4, -0.2) is 54.7 Å². The van der Waals surface area contributed by atoms with Crippen LogP contribution in [0, 0.1) is 11.8 Å². The first-order chi connectivity index (χ1) is 13.0. The van der Waals surface area contributed by atoms with Crippen LogP contribution in [0.2, 0.25) is 0 Å². The molecule has 158 valence electrons. The topological polar surface area (TPSA) is 82.1 Å². The molecule has 0 spiro atoms. The summed E-state index contributed by atoms with van der Waals surface area (Å²) >= 11 is 1.70. The van der Waals surface area contributed by atoms with Gasteiger partial charge in [-0.1, -0.05) is 39.5 Å². The molecule has 0 aromatic carbocycles. The summed E-state index contributed by atoms with van der Waals surface area (Å²) in [6.45, 7) is 5.70. The van der Waals surface area contributed by atoms with Gasteiger partial charge in [0, 0.05) is 18.6 Å². The fraction of sp³-hybridized carbons (Fsp3) is 0.900. The molecule has 7 heteroatoms. The maximum Gasteiger partial charge on any atom is 0.307 e. The molecule has 1 aliphatic rings. The summed E-state index contributed by atoms with van der Waals surface area (Å²) in [5, 5.41) is 9.30. The van der Waals surface area contributed by atoms with Crippen LogP contribution in [0.25, 0.3) is 0 Å². The second-order valence-electron chi connectivity index (χ2n) is 7.47. The molecular formula is C20H36O6S. The highest BCUT2D eigenvalue weighted by molar-refractivity contribution is 7.99. The minimum absolute atomic E-state index is 0.0820. The van der Waals surface area contributed by atoms with Crippen LogP contribution in [0.3, 0.4) is 0 Å². The third-order valence-corrected chi connectivity index (χ3v) is 5.55. The quantitative estimate of drug-likeness (QED) is 0.306. The molecule has 27 heavy (non-hydrogen) atoms. The Morgan fingerprint density at radius 1 is 1.07 bits per heavy atom. The first kappa shape index (κ1) is 24.2. The fourth-order valence-corrected chi connectivity index (χ4v) is 3.89. The molecule has 1 N–H and O–H groups in total. The molecule has 1 heterocycles. The number of esters is 1. The second kappa shape index (κ2) is 15.2. The van der Waals surface area contributed by atoms with E-state index in [0.717, 1.165) is 44.3 Å². The lowest BCUT2D eigenvalue weighted by Gasteiger charge is -2.15. The number of ether oxygens (including phenoxy) is 3. The molecule has 1 rings (SSSR count). The van der Waals surface area contributed by atoms with Gasteiger partial charge in [-0.15, -0.1) is 0 Å². The number of hydrogen-bond acceptors (Lipinski definition) is 6. The Bertz CT molecular complexity index is 409. The van der Waals surface area contributed by atoms with Crippen molar-refractivity contribution < 1.29 is 28.9 Å². The van der Waals surface area contributed by atoms with Crippen LogP contribution in [0.4, 0.5) is 0 Å². The van der Waals surface area contributed by atoms with Gasteiger partial charge in [0.15, 0.2) is 6.29 Å². The fourth-order valence-electron chi connectivity index (χ4n) is 2.75. The SMILES string of the molecule is CC(C)COC(=O)CCCCCCCCSCC(CC1OCCO1)C(=O)O. The summed E-state index contributed by atoms with van der Waals surface area (Å²) in [4.78, 5) is 22.8. The number of carboxylic acids is 1. The molecule has 1 atom stereocenters. The Morgan fingerprint density at radius 2 is 1.70 bits per heavy atom. The van der Waals surface area contributed by atoms with E-state index in [1.165, 1.54) is 0 Å². The lowest BCUT2D eigenvalue weighted by molar-refractivity contribution is -0.145. The first-order valence-corrected chi connectivity index (χ1v) is 11.3. The zero-order valence-electron chi connectivity index (χ0n) is 16.8. The number of rotatable bonds is 16. The molecule has 1 unspecified atom stereocenters. The smallest absolute Gasteiger partial charge is 0.307 e. The van der Waals surface area contributed by atoms with E-state index in [2.05, 4.69) is 0 Å². The summed E-state index contributed by atoms with van der Waals surface area (Å²) in [5.74, 6) is 0.722. The van der Waals surface area contributed by atoms with E-state index < -0.39 is 11.9 Å². The van der Waals surface area contributed by atoms with Crippen molar-refractivity contribution in [3.05, 3.63) is 0 Å². The van der Waals surface area contributed by atoms with Gasteiger partial charge in [-0.3, -0.25) is 9.59 Å². The van der Waals surface area contributed by atoms with Gasteiger partial charge in [0.25, 0.3) is 0 Å². The summed E-state index contributed by atoms with van der Waals surface area (Å²) in [6.07, 6.45) is 7.11. The van der Waals surface area contributed by atoms with E-state index in [0.29, 0.717) is 44.3 Å². The summed E-state index contributed by atoms with van der Waals surface area (Å²) < 4.78 is 15.8. The van der Waals surface area contributed by atoms with Gasteiger partial charge in [0.2, 0.25) is 0 Å². The summed E-state index contributed by atoms with van der Waals surface area (Å²) in [6, 6.07) is 0. The van der Waals surface area contributed by atoms with Gasteiger partial charge in [0.1, 0.15) is 0 Å². The van der Waals surface area contributed by atoms with E-state index in [1.807, 2.05) is 13.8 Å². The van der Waals surface area contributed by atoms with Gasteiger partial charge in [-0.05, 0) is 24.5 Å². The minimum Gasteiger partial charge on any atom is -0.481 e. The molecule has 0 amide bonds. The Hall–Kier alpha value is -0.790. The number of carbonyl (C=O) groups is 2. The Balaban J connectivity index is 1.91. The molecule has 1 fully saturated rings. The number of hydrogen-bond donors (Lipinski definition) is 1. The molecule has 0 bridgehead atoms. The predicted molar refractivity (Wildman–Crippen MR) is 107 cm³/mol. The van der Waals surface area contributed by atoms with Crippen molar-refractivity contribution in [1.29, 1.82) is 0 Å². The summed E-state index contributed by atoms with van der Waals surface area (Å²) in [7, 11) is 0. The molecule has 6 nitrogen and oxygen atoms in total. The Labute approximate surface area is 167 Å². The van der Waals surface area contributed by atoms with Crippen molar-refractivity contribution in [2.45, 2.75) is 71.5 Å². The molecule has 0 aromatic heterocycles. The number of unbranched alkanes of at least 4 members (excludes halogenated alkanes) is 5. The highest BCUT2D eigenvalue weighted by Gasteiger charge is 2.26. The maximum atomic E-state index is 11.5. The molecular weight excluding hydrogens is 368 g/mol. The van der Waals surface area contributed by atoms with E-state index in [4.69, 9.17) is 14.2 Å². The van der Waals surface area contributed by atoms with Crippen LogP contribution in [0.5, 0.6) is 0 Å². The van der Waals surface area contributed by atoms with Gasteiger partial charge < -0.3 is 19.3 Å². The largest absolute Gasteiger partial charge is 0.481 e. The van der Waals surface area contributed by atoms with Gasteiger partial charge >= 0.3 is 11.9 Å². The van der Waals surface area contributed by atoms with Crippen molar-refractivity contribution in [1.82, 2.24) is 0 Å². The number of thioether (sulfide) groups is 1. The minimum atomic E-state index is -0.770. The third-order valence-electron chi connectivity index (χ3n) is 4.33. The number of carbonyl (C=O) groups excluding carboxylic acids is 1. The number of aliphatic carboxylic acids is 1. The first-order valence-electron chi connectivity index (χ1n) is 10.2. The highest BCUT2D eigenvalue weighted by Crippen LogP contribution is 2.20. The van der Waals surface area contributed by atoms with Crippen LogP contribution in [-0.2, 0) is 23.8 Å². The van der Waals surface area contributed by atoms with Crippen molar-refractivity contribution >= 4 is 23.7 Å². The predicted octanol–water partition coefficient (Wildman–Crippen LogP) is 4.11. The molecule has 0 aliphatic carbocycles. The van der Waals surface area contributed by atoms with Gasteiger partial charge in [-0.25, -0.2) is 0 Å². The average molecular weight is 405 g/mol.